The quantitative estimate of drug-likeness (QED) is 0.775. The summed E-state index contributed by atoms with van der Waals surface area (Å²) < 4.78 is 9.15. The summed E-state index contributed by atoms with van der Waals surface area (Å²) in [4.78, 5) is 0. The first-order valence-electron chi connectivity index (χ1n) is 7.05. The van der Waals surface area contributed by atoms with E-state index in [4.69, 9.17) is 4.42 Å². The average molecular weight is 351 g/mol. The second kappa shape index (κ2) is 5.55. The summed E-state index contributed by atoms with van der Waals surface area (Å²) >= 11 is 0.337. The van der Waals surface area contributed by atoms with Crippen LogP contribution in [0.25, 0.3) is 0 Å². The zero-order valence-corrected chi connectivity index (χ0v) is 16.0. The van der Waals surface area contributed by atoms with E-state index < -0.39 is 8.07 Å². The molecular formula is C17H24OSeSi. The van der Waals surface area contributed by atoms with Crippen LogP contribution in [-0.4, -0.2) is 23.0 Å². The zero-order valence-electron chi connectivity index (χ0n) is 13.3. The Labute approximate surface area is 129 Å². The topological polar surface area (TPSA) is 13.1 Å². The molecule has 1 aromatic heterocycles. The van der Waals surface area contributed by atoms with Gasteiger partial charge in [-0.05, 0) is 0 Å². The van der Waals surface area contributed by atoms with Crippen molar-refractivity contribution in [2.24, 2.45) is 0 Å². The van der Waals surface area contributed by atoms with Crippen LogP contribution in [0.1, 0.15) is 26.5 Å². The second-order valence-corrected chi connectivity index (χ2v) is 14.5. The molecule has 0 aliphatic carbocycles. The monoisotopic (exact) mass is 352 g/mol. The summed E-state index contributed by atoms with van der Waals surface area (Å²) in [5.74, 6) is 1.13. The Hall–Kier alpha value is -0.764. The minimum atomic E-state index is -1.44. The SMILES string of the molecule is CC(C)(C)c1cc([Se]c2ccccc2)c([Si](C)(C)C)o1. The first kappa shape index (κ1) is 15.6. The summed E-state index contributed by atoms with van der Waals surface area (Å²) in [5.41, 5.74) is 0.0828. The van der Waals surface area contributed by atoms with E-state index in [0.717, 1.165) is 5.76 Å². The Morgan fingerprint density at radius 1 is 1.00 bits per heavy atom. The van der Waals surface area contributed by atoms with Crippen LogP contribution in [0.15, 0.2) is 40.8 Å². The normalized spacial score (nSPS) is 12.7. The van der Waals surface area contributed by atoms with E-state index in [1.165, 1.54) is 14.3 Å². The van der Waals surface area contributed by atoms with Crippen molar-refractivity contribution in [3.63, 3.8) is 0 Å². The van der Waals surface area contributed by atoms with E-state index in [-0.39, 0.29) is 5.41 Å². The Bertz CT molecular complexity index is 573. The van der Waals surface area contributed by atoms with Crippen LogP contribution in [-0.2, 0) is 5.41 Å². The first-order valence-corrected chi connectivity index (χ1v) is 12.3. The molecule has 0 radical (unpaired) electrons. The van der Waals surface area contributed by atoms with E-state index in [0.29, 0.717) is 15.0 Å². The maximum absolute atomic E-state index is 6.29. The van der Waals surface area contributed by atoms with Crippen molar-refractivity contribution >= 4 is 37.3 Å². The van der Waals surface area contributed by atoms with Gasteiger partial charge in [0.1, 0.15) is 0 Å². The molecule has 0 atom stereocenters. The molecule has 20 heavy (non-hydrogen) atoms. The summed E-state index contributed by atoms with van der Waals surface area (Å²) in [6, 6.07) is 13.1. The molecule has 0 amide bonds. The van der Waals surface area contributed by atoms with E-state index in [2.05, 4.69) is 76.8 Å². The predicted molar refractivity (Wildman–Crippen MR) is 91.9 cm³/mol. The fraction of sp³-hybridized carbons (Fsp3) is 0.412. The average Bonchev–Trinajstić information content (AvgIpc) is 2.74. The molecule has 1 aromatic carbocycles. The predicted octanol–water partition coefficient (Wildman–Crippen LogP) is 2.78. The van der Waals surface area contributed by atoms with Crippen molar-refractivity contribution in [2.45, 2.75) is 45.8 Å². The van der Waals surface area contributed by atoms with Crippen LogP contribution in [0.3, 0.4) is 0 Å². The van der Waals surface area contributed by atoms with Gasteiger partial charge in [-0.15, -0.1) is 0 Å². The van der Waals surface area contributed by atoms with Gasteiger partial charge in [0, 0.05) is 0 Å². The molecule has 0 aliphatic rings. The van der Waals surface area contributed by atoms with Gasteiger partial charge in [-0.25, -0.2) is 0 Å². The molecule has 1 heterocycles. The minimum absolute atomic E-state index is 0.0828. The Kier molecular flexibility index (Phi) is 4.34. The fourth-order valence-corrected chi connectivity index (χ4v) is 7.16. The van der Waals surface area contributed by atoms with Crippen molar-refractivity contribution in [1.82, 2.24) is 0 Å². The molecule has 108 valence electrons. The van der Waals surface area contributed by atoms with Crippen molar-refractivity contribution in [3.8, 4) is 0 Å². The number of benzene rings is 1. The number of furan rings is 1. The number of hydrogen-bond acceptors (Lipinski definition) is 1. The molecular weight excluding hydrogens is 327 g/mol. The number of rotatable bonds is 3. The molecule has 0 aliphatic heterocycles. The van der Waals surface area contributed by atoms with Crippen molar-refractivity contribution < 1.29 is 4.42 Å². The summed E-state index contributed by atoms with van der Waals surface area (Å²) in [5, 5.41) is 1.28. The number of hydrogen-bond donors (Lipinski definition) is 0. The van der Waals surface area contributed by atoms with Crippen LogP contribution in [0.2, 0.25) is 19.6 Å². The van der Waals surface area contributed by atoms with E-state index in [1.54, 1.807) is 0 Å². The van der Waals surface area contributed by atoms with Gasteiger partial charge in [-0.2, -0.15) is 0 Å². The molecule has 0 N–H and O–H groups in total. The van der Waals surface area contributed by atoms with Crippen LogP contribution in [0, 0.1) is 0 Å². The third-order valence-corrected chi connectivity index (χ3v) is 7.39. The molecule has 0 saturated carbocycles. The summed E-state index contributed by atoms with van der Waals surface area (Å²) in [6.07, 6.45) is 0. The third kappa shape index (κ3) is 3.66. The van der Waals surface area contributed by atoms with Gasteiger partial charge in [0.25, 0.3) is 0 Å². The van der Waals surface area contributed by atoms with E-state index >= 15 is 0 Å². The molecule has 3 heteroatoms. The molecule has 0 fully saturated rings. The van der Waals surface area contributed by atoms with Crippen LogP contribution in [0.4, 0.5) is 0 Å². The van der Waals surface area contributed by atoms with Gasteiger partial charge in [0.15, 0.2) is 0 Å². The van der Waals surface area contributed by atoms with Crippen molar-refractivity contribution in [1.29, 1.82) is 0 Å². The van der Waals surface area contributed by atoms with Crippen LogP contribution < -0.4 is 14.3 Å². The Morgan fingerprint density at radius 3 is 2.10 bits per heavy atom. The molecule has 2 aromatic rings. The Morgan fingerprint density at radius 2 is 1.60 bits per heavy atom. The maximum atomic E-state index is 6.29. The second-order valence-electron chi connectivity index (χ2n) is 7.22. The van der Waals surface area contributed by atoms with Crippen LogP contribution in [0.5, 0.6) is 0 Å². The van der Waals surface area contributed by atoms with Crippen molar-refractivity contribution in [3.05, 3.63) is 42.2 Å². The fourth-order valence-electron chi connectivity index (χ4n) is 1.96. The molecule has 0 spiro atoms. The van der Waals surface area contributed by atoms with Crippen LogP contribution >= 0.6 is 0 Å². The first-order chi connectivity index (χ1) is 9.18. The van der Waals surface area contributed by atoms with E-state index in [9.17, 15) is 0 Å². The van der Waals surface area contributed by atoms with Gasteiger partial charge >= 0.3 is 130 Å². The van der Waals surface area contributed by atoms with Gasteiger partial charge in [-0.3, -0.25) is 0 Å². The third-order valence-electron chi connectivity index (χ3n) is 3.09. The molecule has 0 saturated heterocycles. The van der Waals surface area contributed by atoms with E-state index in [1.807, 2.05) is 0 Å². The molecule has 0 bridgehead atoms. The van der Waals surface area contributed by atoms with Gasteiger partial charge in [-0.1, -0.05) is 0 Å². The van der Waals surface area contributed by atoms with Gasteiger partial charge in [0.05, 0.1) is 0 Å². The van der Waals surface area contributed by atoms with Crippen molar-refractivity contribution in [2.75, 3.05) is 0 Å². The summed E-state index contributed by atoms with van der Waals surface area (Å²) in [7, 11) is -1.44. The zero-order chi connectivity index (χ0) is 15.0. The molecule has 2 rings (SSSR count). The molecule has 0 unspecified atom stereocenters. The molecule has 1 nitrogen and oxygen atoms in total. The Balaban J connectivity index is 2.43. The van der Waals surface area contributed by atoms with Gasteiger partial charge in [0.2, 0.25) is 0 Å². The standard InChI is InChI=1S/C17H24OSeSi/c1-17(2,3)15-12-14(16(18-15)20(4,5)6)19-13-10-8-7-9-11-13/h7-12H,1-6H3. The van der Waals surface area contributed by atoms with Gasteiger partial charge < -0.3 is 0 Å². The summed E-state index contributed by atoms with van der Waals surface area (Å²) in [6.45, 7) is 13.8.